The Kier molecular flexibility index (Phi) is 7.33. The van der Waals surface area contributed by atoms with Crippen molar-refractivity contribution in [2.75, 3.05) is 18.9 Å². The molecule has 8 atom stereocenters. The lowest BCUT2D eigenvalue weighted by molar-refractivity contribution is -0.0594. The van der Waals surface area contributed by atoms with E-state index in [1.807, 2.05) is 6.07 Å². The molecular formula is C22H25N7O9P2S2. The van der Waals surface area contributed by atoms with E-state index in [1.54, 1.807) is 23.0 Å². The molecule has 4 aromatic rings. The zero-order valence-electron chi connectivity index (χ0n) is 21.5. The maximum Gasteiger partial charge on any atom is 0.325 e. The molecule has 0 spiro atoms. The molecule has 0 saturated carbocycles. The van der Waals surface area contributed by atoms with Crippen LogP contribution in [0.25, 0.3) is 22.2 Å². The second kappa shape index (κ2) is 10.8. The highest BCUT2D eigenvalue weighted by atomic mass is 32.5. The van der Waals surface area contributed by atoms with Gasteiger partial charge in [-0.15, -0.1) is 0 Å². The quantitative estimate of drug-likeness (QED) is 0.226. The van der Waals surface area contributed by atoms with Gasteiger partial charge < -0.3 is 52.6 Å². The van der Waals surface area contributed by atoms with Gasteiger partial charge in [0.2, 0.25) is 0 Å². The molecule has 2 bridgehead atoms. The standard InChI is InChI=1S/C22H25N7O9P2S2/c23-13-1-3-24-19-12(13)2-4-28(19)17-6-14-16(36-17)8-34-40(32,42)38-15-5-11(7-33-39(31,41)37-14)35-22(15)29-10-27-18-20(29)25-9-26-21(18)30/h1-4,9-11,14-17,22H,5-8H2,(H2,23,24)(H,31,41)(H,32,42)(H,25,26,30)/t11-,14-,15+,16+,17+,22+,39?,40?/m0/s1. The van der Waals surface area contributed by atoms with Crippen LogP contribution in [0.5, 0.6) is 0 Å². The monoisotopic (exact) mass is 657 g/mol. The lowest BCUT2D eigenvalue weighted by atomic mass is 10.2. The number of ether oxygens (including phenoxy) is 2. The van der Waals surface area contributed by atoms with Crippen LogP contribution in [0.2, 0.25) is 0 Å². The predicted molar refractivity (Wildman–Crippen MR) is 154 cm³/mol. The molecule has 0 amide bonds. The summed E-state index contributed by atoms with van der Waals surface area (Å²) in [5.41, 5.74) is 7.17. The predicted octanol–water partition coefficient (Wildman–Crippen LogP) is 1.58. The minimum atomic E-state index is -3.87. The Hall–Kier alpha value is -2.18. The summed E-state index contributed by atoms with van der Waals surface area (Å²) in [6.07, 6.45) is 1.91. The van der Waals surface area contributed by atoms with Gasteiger partial charge in [-0.3, -0.25) is 9.36 Å². The summed E-state index contributed by atoms with van der Waals surface area (Å²) in [7, 11) is 0. The number of H-pyrrole nitrogens is 1. The van der Waals surface area contributed by atoms with Crippen LogP contribution in [0.15, 0.2) is 42.0 Å². The van der Waals surface area contributed by atoms with Gasteiger partial charge in [0.05, 0.1) is 38.1 Å². The fourth-order valence-electron chi connectivity index (χ4n) is 5.40. The number of rotatable bonds is 2. The van der Waals surface area contributed by atoms with Crippen LogP contribution in [0.3, 0.4) is 0 Å². The molecule has 0 aromatic carbocycles. The highest BCUT2D eigenvalue weighted by Gasteiger charge is 2.45. The molecule has 16 nitrogen and oxygen atoms in total. The second-order valence-electron chi connectivity index (χ2n) is 9.98. The SMILES string of the molecule is Nc1ccnc2c1ccn2[C@H]1C[C@@H]2OP(O)(=S)OC[C@@H]3C[C@@H](OP(O)(=S)OC[C@H]2O1)[C@H](n1cnc2c(=O)[nH]cnc21)O3. The molecule has 5 N–H and O–H groups in total. The summed E-state index contributed by atoms with van der Waals surface area (Å²) in [6, 6.07) is 3.53. The van der Waals surface area contributed by atoms with Gasteiger partial charge in [0.15, 0.2) is 17.4 Å². The van der Waals surface area contributed by atoms with Gasteiger partial charge in [0.25, 0.3) is 5.56 Å². The average molecular weight is 658 g/mol. The highest BCUT2D eigenvalue weighted by Crippen LogP contribution is 2.54. The maximum atomic E-state index is 12.2. The van der Waals surface area contributed by atoms with Gasteiger partial charge in [0.1, 0.15) is 24.1 Å². The van der Waals surface area contributed by atoms with Crippen LogP contribution in [0, 0.1) is 0 Å². The number of pyridine rings is 1. The molecule has 3 saturated heterocycles. The van der Waals surface area contributed by atoms with Crippen molar-refractivity contribution < 1.29 is 37.4 Å². The first-order chi connectivity index (χ1) is 20.1. The molecule has 3 aliphatic heterocycles. The number of aromatic nitrogens is 6. The van der Waals surface area contributed by atoms with Gasteiger partial charge in [-0.05, 0) is 35.7 Å². The van der Waals surface area contributed by atoms with Crippen LogP contribution in [0.1, 0.15) is 25.3 Å². The van der Waals surface area contributed by atoms with Crippen molar-refractivity contribution in [3.05, 3.63) is 47.5 Å². The molecule has 0 aliphatic carbocycles. The van der Waals surface area contributed by atoms with E-state index < -0.39 is 55.9 Å². The fraction of sp³-hybridized carbons (Fsp3) is 0.455. The number of aromatic amines is 1. The van der Waals surface area contributed by atoms with Gasteiger partial charge in [-0.1, -0.05) is 0 Å². The van der Waals surface area contributed by atoms with Crippen LogP contribution < -0.4 is 11.3 Å². The van der Waals surface area contributed by atoms with E-state index in [1.165, 1.54) is 17.2 Å². The van der Waals surface area contributed by atoms with E-state index in [4.69, 9.17) is 56.9 Å². The normalized spacial score (nSPS) is 36.0. The third-order valence-corrected chi connectivity index (χ3v) is 10.5. The molecular weight excluding hydrogens is 632 g/mol. The minimum absolute atomic E-state index is 0.0974. The first-order valence-corrected chi connectivity index (χ1v) is 18.0. The van der Waals surface area contributed by atoms with Crippen LogP contribution >= 0.6 is 13.4 Å². The van der Waals surface area contributed by atoms with E-state index in [0.29, 0.717) is 11.3 Å². The van der Waals surface area contributed by atoms with E-state index in [2.05, 4.69) is 19.9 Å². The minimum Gasteiger partial charge on any atom is -0.398 e. The summed E-state index contributed by atoms with van der Waals surface area (Å²) in [5, 5.41) is 0.755. The third-order valence-electron chi connectivity index (χ3n) is 7.29. The summed E-state index contributed by atoms with van der Waals surface area (Å²) in [6.45, 7) is -8.05. The number of hydrogen-bond donors (Lipinski definition) is 4. The topological polar surface area (TPSA) is 203 Å². The van der Waals surface area contributed by atoms with E-state index >= 15 is 0 Å². The van der Waals surface area contributed by atoms with Crippen molar-refractivity contribution >= 4 is 64.9 Å². The van der Waals surface area contributed by atoms with Gasteiger partial charge >= 0.3 is 13.4 Å². The van der Waals surface area contributed by atoms with Crippen molar-refractivity contribution in [1.29, 1.82) is 0 Å². The van der Waals surface area contributed by atoms with Crippen LogP contribution in [-0.4, -0.2) is 76.5 Å². The molecule has 7 heterocycles. The lowest BCUT2D eigenvalue weighted by Gasteiger charge is -2.27. The van der Waals surface area contributed by atoms with Crippen molar-refractivity contribution in [1.82, 2.24) is 29.1 Å². The Bertz CT molecular complexity index is 1820. The molecule has 3 fully saturated rings. The number of nitrogens with one attached hydrogen (secondary N) is 1. The zero-order valence-corrected chi connectivity index (χ0v) is 25.0. The van der Waals surface area contributed by atoms with Crippen molar-refractivity contribution in [2.24, 2.45) is 0 Å². The maximum absolute atomic E-state index is 12.2. The molecule has 42 heavy (non-hydrogen) atoms. The van der Waals surface area contributed by atoms with Crippen molar-refractivity contribution in [3.8, 4) is 0 Å². The average Bonchev–Trinajstić information content (AvgIpc) is 3.71. The smallest absolute Gasteiger partial charge is 0.325 e. The summed E-state index contributed by atoms with van der Waals surface area (Å²) >= 11 is 10.7. The molecule has 3 aliphatic rings. The number of hydrogen-bond acceptors (Lipinski definition) is 13. The Labute approximate surface area is 247 Å². The lowest BCUT2D eigenvalue weighted by Crippen LogP contribution is -2.29. The Morgan fingerprint density at radius 2 is 1.74 bits per heavy atom. The number of nitrogens with two attached hydrogens (primary N) is 1. The van der Waals surface area contributed by atoms with E-state index in [9.17, 15) is 14.6 Å². The first-order valence-electron chi connectivity index (χ1n) is 12.8. The fourth-order valence-corrected chi connectivity index (χ4v) is 8.34. The number of fused-ring (bicyclic) bond motifs is 5. The number of anilines is 1. The van der Waals surface area contributed by atoms with Crippen molar-refractivity contribution in [3.63, 3.8) is 0 Å². The highest BCUT2D eigenvalue weighted by molar-refractivity contribution is 8.07. The molecule has 20 heteroatoms. The summed E-state index contributed by atoms with van der Waals surface area (Å²) in [5.74, 6) is 0. The molecule has 224 valence electrons. The zero-order chi connectivity index (χ0) is 29.2. The largest absolute Gasteiger partial charge is 0.398 e. The summed E-state index contributed by atoms with van der Waals surface area (Å²) < 4.78 is 39.0. The van der Waals surface area contributed by atoms with Crippen molar-refractivity contribution in [2.45, 2.75) is 49.7 Å². The van der Waals surface area contributed by atoms with Gasteiger partial charge in [-0.25, -0.2) is 15.0 Å². The van der Waals surface area contributed by atoms with E-state index in [0.717, 1.165) is 5.39 Å². The van der Waals surface area contributed by atoms with Crippen LogP contribution in [0.4, 0.5) is 5.69 Å². The Balaban J connectivity index is 1.16. The number of nitrogen functional groups attached to an aromatic ring is 1. The molecule has 2 unspecified atom stereocenters. The van der Waals surface area contributed by atoms with E-state index in [-0.39, 0.29) is 37.2 Å². The van der Waals surface area contributed by atoms with Gasteiger partial charge in [0, 0.05) is 36.3 Å². The molecule has 7 rings (SSSR count). The first kappa shape index (κ1) is 28.6. The third kappa shape index (κ3) is 5.36. The molecule has 0 radical (unpaired) electrons. The Morgan fingerprint density at radius 3 is 2.57 bits per heavy atom. The Morgan fingerprint density at radius 1 is 0.952 bits per heavy atom. The molecule has 4 aromatic heterocycles. The van der Waals surface area contributed by atoms with Gasteiger partial charge in [-0.2, -0.15) is 0 Å². The second-order valence-corrected chi connectivity index (χ2v) is 15.6. The number of imidazole rings is 1. The summed E-state index contributed by atoms with van der Waals surface area (Å²) in [4.78, 5) is 49.5. The van der Waals surface area contributed by atoms with Crippen LogP contribution in [-0.2, 0) is 51.2 Å². The number of nitrogens with zero attached hydrogens (tertiary/aromatic N) is 5.